The van der Waals surface area contributed by atoms with Gasteiger partial charge < -0.3 is 18.9 Å². The molecule has 0 spiro atoms. The standard InChI is InChI=1S/C22H16O8/c1-5-17(23)27-13-9-10-15(29-19(25)7-3)22-16(30-20(26)8-4)12-11-14(21(13)22)28-18(24)6-2/h5-12H,1-4H2. The number of carbonyl (C=O) groups excluding carboxylic acids is 4. The molecule has 0 saturated carbocycles. The smallest absolute Gasteiger partial charge is 0.335 e. The molecule has 0 aliphatic rings. The highest BCUT2D eigenvalue weighted by Crippen LogP contribution is 2.45. The Balaban J connectivity index is 2.89. The van der Waals surface area contributed by atoms with Crippen LogP contribution in [0.4, 0.5) is 0 Å². The van der Waals surface area contributed by atoms with Gasteiger partial charge in [0.2, 0.25) is 0 Å². The van der Waals surface area contributed by atoms with Crippen LogP contribution in [0, 0.1) is 0 Å². The summed E-state index contributed by atoms with van der Waals surface area (Å²) in [6.45, 7) is 13.3. The Labute approximate surface area is 171 Å². The average molecular weight is 408 g/mol. The van der Waals surface area contributed by atoms with Gasteiger partial charge in [-0.15, -0.1) is 0 Å². The lowest BCUT2D eigenvalue weighted by atomic mass is 10.1. The molecule has 8 heteroatoms. The summed E-state index contributed by atoms with van der Waals surface area (Å²) in [7, 11) is 0. The minimum Gasteiger partial charge on any atom is -0.423 e. The van der Waals surface area contributed by atoms with Crippen LogP contribution in [0.15, 0.2) is 74.9 Å². The minimum absolute atomic E-state index is 0.0177. The second kappa shape index (κ2) is 9.65. The van der Waals surface area contributed by atoms with E-state index < -0.39 is 23.9 Å². The van der Waals surface area contributed by atoms with Crippen LogP contribution in [0.5, 0.6) is 23.0 Å². The van der Waals surface area contributed by atoms with Gasteiger partial charge in [0.05, 0.1) is 10.8 Å². The molecule has 0 bridgehead atoms. The molecule has 0 unspecified atom stereocenters. The van der Waals surface area contributed by atoms with Gasteiger partial charge in [-0.1, -0.05) is 26.3 Å². The maximum absolute atomic E-state index is 11.8. The Hall–Kier alpha value is -4.46. The lowest BCUT2D eigenvalue weighted by molar-refractivity contribution is -0.130. The Morgan fingerprint density at radius 3 is 0.867 bits per heavy atom. The highest BCUT2D eigenvalue weighted by molar-refractivity contribution is 6.06. The SMILES string of the molecule is C=CC(=O)Oc1ccc(OC(=O)C=C)c2c(OC(=O)C=C)ccc(OC(=O)C=C)c12. The lowest BCUT2D eigenvalue weighted by Gasteiger charge is -2.16. The zero-order valence-corrected chi connectivity index (χ0v) is 15.7. The van der Waals surface area contributed by atoms with Gasteiger partial charge in [0.1, 0.15) is 23.0 Å². The first-order chi connectivity index (χ1) is 14.3. The van der Waals surface area contributed by atoms with Crippen molar-refractivity contribution in [3.63, 3.8) is 0 Å². The van der Waals surface area contributed by atoms with Crippen molar-refractivity contribution >= 4 is 34.6 Å². The maximum Gasteiger partial charge on any atom is 0.335 e. The van der Waals surface area contributed by atoms with Crippen molar-refractivity contribution in [1.29, 1.82) is 0 Å². The minimum atomic E-state index is -0.804. The lowest BCUT2D eigenvalue weighted by Crippen LogP contribution is -2.10. The summed E-state index contributed by atoms with van der Waals surface area (Å²) in [5.74, 6) is -3.51. The number of ether oxygens (including phenoxy) is 4. The van der Waals surface area contributed by atoms with Gasteiger partial charge in [-0.2, -0.15) is 0 Å². The summed E-state index contributed by atoms with van der Waals surface area (Å²) in [6, 6.07) is 5.22. The van der Waals surface area contributed by atoms with E-state index in [0.717, 1.165) is 24.3 Å². The molecule has 0 aromatic heterocycles. The Morgan fingerprint density at radius 2 is 0.700 bits per heavy atom. The van der Waals surface area contributed by atoms with E-state index in [4.69, 9.17) is 18.9 Å². The zero-order chi connectivity index (χ0) is 22.3. The molecule has 0 saturated heterocycles. The summed E-state index contributed by atoms with van der Waals surface area (Å²) in [6.07, 6.45) is 3.70. The summed E-state index contributed by atoms with van der Waals surface area (Å²) >= 11 is 0. The van der Waals surface area contributed by atoms with Crippen LogP contribution >= 0.6 is 0 Å². The van der Waals surface area contributed by atoms with Gasteiger partial charge in [0, 0.05) is 24.3 Å². The summed E-state index contributed by atoms with van der Waals surface area (Å²) < 4.78 is 20.8. The van der Waals surface area contributed by atoms with Crippen LogP contribution in [0.1, 0.15) is 0 Å². The molecular formula is C22H16O8. The third-order valence-electron chi connectivity index (χ3n) is 3.52. The highest BCUT2D eigenvalue weighted by atomic mass is 16.6. The van der Waals surface area contributed by atoms with E-state index in [-0.39, 0.29) is 33.8 Å². The topological polar surface area (TPSA) is 105 Å². The molecule has 0 heterocycles. The van der Waals surface area contributed by atoms with E-state index in [1.807, 2.05) is 0 Å². The second-order valence-electron chi connectivity index (χ2n) is 5.37. The molecule has 2 aromatic rings. The third-order valence-corrected chi connectivity index (χ3v) is 3.52. The molecule has 2 aromatic carbocycles. The van der Waals surface area contributed by atoms with E-state index in [1.165, 1.54) is 24.3 Å². The fourth-order valence-corrected chi connectivity index (χ4v) is 2.31. The van der Waals surface area contributed by atoms with E-state index in [0.29, 0.717) is 0 Å². The maximum atomic E-state index is 11.8. The number of hydrogen-bond acceptors (Lipinski definition) is 8. The molecule has 0 aliphatic heterocycles. The van der Waals surface area contributed by atoms with Crippen LogP contribution in [-0.4, -0.2) is 23.9 Å². The summed E-state index contributed by atoms with van der Waals surface area (Å²) in [5.41, 5.74) is 0. The zero-order valence-electron chi connectivity index (χ0n) is 15.7. The van der Waals surface area contributed by atoms with Crippen molar-refractivity contribution in [3.05, 3.63) is 74.9 Å². The number of benzene rings is 2. The molecule has 8 nitrogen and oxygen atoms in total. The van der Waals surface area contributed by atoms with Crippen LogP contribution in [0.3, 0.4) is 0 Å². The largest absolute Gasteiger partial charge is 0.423 e. The first-order valence-electron chi connectivity index (χ1n) is 8.31. The average Bonchev–Trinajstić information content (AvgIpc) is 2.75. The van der Waals surface area contributed by atoms with Gasteiger partial charge in [0.25, 0.3) is 0 Å². The van der Waals surface area contributed by atoms with Crippen molar-refractivity contribution < 1.29 is 38.1 Å². The van der Waals surface area contributed by atoms with Gasteiger partial charge >= 0.3 is 23.9 Å². The molecule has 0 aliphatic carbocycles. The Morgan fingerprint density at radius 1 is 0.500 bits per heavy atom. The molecule has 30 heavy (non-hydrogen) atoms. The van der Waals surface area contributed by atoms with Crippen molar-refractivity contribution in [2.45, 2.75) is 0 Å². The molecule has 0 amide bonds. The number of esters is 4. The quantitative estimate of drug-likeness (QED) is 0.372. The van der Waals surface area contributed by atoms with E-state index in [2.05, 4.69) is 26.3 Å². The second-order valence-corrected chi connectivity index (χ2v) is 5.37. The first kappa shape index (κ1) is 21.8. The molecule has 0 fully saturated rings. The highest BCUT2D eigenvalue weighted by Gasteiger charge is 2.22. The summed E-state index contributed by atoms with van der Waals surface area (Å²) in [4.78, 5) is 47.1. The number of hydrogen-bond donors (Lipinski definition) is 0. The Bertz CT molecular complexity index is 925. The number of rotatable bonds is 8. The van der Waals surface area contributed by atoms with E-state index in [9.17, 15) is 19.2 Å². The van der Waals surface area contributed by atoms with E-state index in [1.54, 1.807) is 0 Å². The molecule has 152 valence electrons. The number of carbonyl (C=O) groups is 4. The first-order valence-corrected chi connectivity index (χ1v) is 8.31. The fraction of sp³-hybridized carbons (Fsp3) is 0. The third kappa shape index (κ3) is 4.87. The van der Waals surface area contributed by atoms with Gasteiger partial charge in [-0.3, -0.25) is 0 Å². The van der Waals surface area contributed by atoms with E-state index >= 15 is 0 Å². The van der Waals surface area contributed by atoms with Crippen LogP contribution in [0.2, 0.25) is 0 Å². The van der Waals surface area contributed by atoms with Crippen molar-refractivity contribution in [3.8, 4) is 23.0 Å². The van der Waals surface area contributed by atoms with Crippen molar-refractivity contribution in [1.82, 2.24) is 0 Å². The Kier molecular flexibility index (Phi) is 7.02. The van der Waals surface area contributed by atoms with Crippen LogP contribution in [0.25, 0.3) is 10.8 Å². The normalized spacial score (nSPS) is 9.73. The van der Waals surface area contributed by atoms with Gasteiger partial charge in [0.15, 0.2) is 0 Å². The van der Waals surface area contributed by atoms with Crippen LogP contribution < -0.4 is 18.9 Å². The molecular weight excluding hydrogens is 392 g/mol. The molecule has 0 N–H and O–H groups in total. The molecule has 0 radical (unpaired) electrons. The molecule has 0 atom stereocenters. The fourth-order valence-electron chi connectivity index (χ4n) is 2.31. The number of fused-ring (bicyclic) bond motifs is 1. The predicted molar refractivity (Wildman–Crippen MR) is 107 cm³/mol. The monoisotopic (exact) mass is 408 g/mol. The van der Waals surface area contributed by atoms with Crippen molar-refractivity contribution in [2.24, 2.45) is 0 Å². The van der Waals surface area contributed by atoms with Gasteiger partial charge in [-0.05, 0) is 24.3 Å². The van der Waals surface area contributed by atoms with Gasteiger partial charge in [-0.25, -0.2) is 19.2 Å². The summed E-state index contributed by atoms with van der Waals surface area (Å²) in [5, 5.41) is 0.0354. The molecule has 2 rings (SSSR count). The van der Waals surface area contributed by atoms with Crippen LogP contribution in [-0.2, 0) is 19.2 Å². The van der Waals surface area contributed by atoms with Crippen molar-refractivity contribution in [2.75, 3.05) is 0 Å². The predicted octanol–water partition coefficient (Wildman–Crippen LogP) is 3.21.